The number of ether oxygens (including phenoxy) is 2. The first kappa shape index (κ1) is 21.8. The SMILES string of the molecule is COc1cc(C)ccc1Oc1ccc(NC(=O)CN(C)C(=O)c2ccc(Br)s2)cn1. The molecule has 0 aliphatic rings. The molecule has 1 aromatic carbocycles. The summed E-state index contributed by atoms with van der Waals surface area (Å²) in [6.45, 7) is 1.89. The first-order valence-electron chi connectivity index (χ1n) is 8.95. The van der Waals surface area contributed by atoms with Crippen molar-refractivity contribution in [2.75, 3.05) is 26.0 Å². The van der Waals surface area contributed by atoms with Crippen LogP contribution in [0.2, 0.25) is 0 Å². The Morgan fingerprint density at radius 2 is 1.97 bits per heavy atom. The third-order valence-corrected chi connectivity index (χ3v) is 5.68. The predicted octanol–water partition coefficient (Wildman–Crippen LogP) is 4.73. The molecule has 3 aromatic rings. The molecule has 9 heteroatoms. The second-order valence-corrected chi connectivity index (χ2v) is 8.92. The summed E-state index contributed by atoms with van der Waals surface area (Å²) < 4.78 is 11.9. The van der Waals surface area contributed by atoms with Crippen LogP contribution in [0.25, 0.3) is 0 Å². The van der Waals surface area contributed by atoms with E-state index in [2.05, 4.69) is 26.2 Å². The molecule has 1 N–H and O–H groups in total. The fourth-order valence-corrected chi connectivity index (χ4v) is 3.97. The van der Waals surface area contributed by atoms with E-state index in [-0.39, 0.29) is 18.4 Å². The van der Waals surface area contributed by atoms with E-state index in [1.807, 2.05) is 25.1 Å². The highest BCUT2D eigenvalue weighted by atomic mass is 79.9. The minimum atomic E-state index is -0.322. The van der Waals surface area contributed by atoms with E-state index < -0.39 is 0 Å². The maximum atomic E-state index is 12.3. The second kappa shape index (κ2) is 9.73. The lowest BCUT2D eigenvalue weighted by molar-refractivity contribution is -0.116. The Kier molecular flexibility index (Phi) is 7.07. The standard InChI is InChI=1S/C21H20BrN3O4S/c1-13-4-6-15(16(10-13)28-3)29-20-9-5-14(11-23-20)24-19(26)12-25(2)21(27)17-7-8-18(22)30-17/h4-11H,12H2,1-3H3,(H,24,26). The molecule has 0 bridgehead atoms. The zero-order chi connectivity index (χ0) is 21.7. The van der Waals surface area contributed by atoms with Crippen LogP contribution in [-0.4, -0.2) is 42.4 Å². The summed E-state index contributed by atoms with van der Waals surface area (Å²) in [5.41, 5.74) is 1.56. The summed E-state index contributed by atoms with van der Waals surface area (Å²) in [5, 5.41) is 2.72. The molecule has 30 heavy (non-hydrogen) atoms. The molecule has 2 aromatic heterocycles. The quantitative estimate of drug-likeness (QED) is 0.518. The van der Waals surface area contributed by atoms with Gasteiger partial charge in [0.2, 0.25) is 11.8 Å². The van der Waals surface area contributed by atoms with Gasteiger partial charge < -0.3 is 19.7 Å². The molecule has 0 atom stereocenters. The summed E-state index contributed by atoms with van der Waals surface area (Å²) in [5.74, 6) is 0.991. The lowest BCUT2D eigenvalue weighted by Crippen LogP contribution is -2.34. The van der Waals surface area contributed by atoms with Crippen molar-refractivity contribution >= 4 is 44.8 Å². The summed E-state index contributed by atoms with van der Waals surface area (Å²) in [4.78, 5) is 30.7. The topological polar surface area (TPSA) is 80.8 Å². The number of carbonyl (C=O) groups is 2. The van der Waals surface area contributed by atoms with Gasteiger partial charge in [-0.3, -0.25) is 9.59 Å². The van der Waals surface area contributed by atoms with E-state index in [4.69, 9.17) is 9.47 Å². The molecule has 0 aliphatic carbocycles. The Labute approximate surface area is 186 Å². The number of thiophene rings is 1. The monoisotopic (exact) mass is 489 g/mol. The molecule has 2 amide bonds. The van der Waals surface area contributed by atoms with Crippen molar-refractivity contribution in [3.8, 4) is 17.4 Å². The van der Waals surface area contributed by atoms with Crippen molar-refractivity contribution in [3.05, 3.63) is 62.9 Å². The van der Waals surface area contributed by atoms with E-state index in [1.165, 1.54) is 22.4 Å². The molecule has 7 nitrogen and oxygen atoms in total. The molecule has 0 saturated carbocycles. The maximum Gasteiger partial charge on any atom is 0.264 e. The highest BCUT2D eigenvalue weighted by Gasteiger charge is 2.17. The molecule has 2 heterocycles. The lowest BCUT2D eigenvalue weighted by atomic mass is 10.2. The van der Waals surface area contributed by atoms with Crippen LogP contribution in [0.15, 0.2) is 52.4 Å². The minimum absolute atomic E-state index is 0.0762. The highest BCUT2D eigenvalue weighted by Crippen LogP contribution is 2.31. The van der Waals surface area contributed by atoms with Crippen LogP contribution in [0.4, 0.5) is 5.69 Å². The molecule has 3 rings (SSSR count). The van der Waals surface area contributed by atoms with Crippen molar-refractivity contribution in [3.63, 3.8) is 0 Å². The van der Waals surface area contributed by atoms with Gasteiger partial charge in [-0.1, -0.05) is 6.07 Å². The molecule has 0 spiro atoms. The highest BCUT2D eigenvalue weighted by molar-refractivity contribution is 9.11. The largest absolute Gasteiger partial charge is 0.493 e. The van der Waals surface area contributed by atoms with Crippen LogP contribution in [0.3, 0.4) is 0 Å². The predicted molar refractivity (Wildman–Crippen MR) is 120 cm³/mol. The van der Waals surface area contributed by atoms with Crippen molar-refractivity contribution < 1.29 is 19.1 Å². The Balaban J connectivity index is 1.57. The average Bonchev–Trinajstić information content (AvgIpc) is 3.16. The molecule has 0 fully saturated rings. The molecule has 156 valence electrons. The van der Waals surface area contributed by atoms with Crippen molar-refractivity contribution in [1.29, 1.82) is 0 Å². The minimum Gasteiger partial charge on any atom is -0.493 e. The van der Waals surface area contributed by atoms with Gasteiger partial charge in [0, 0.05) is 13.1 Å². The number of halogens is 1. The van der Waals surface area contributed by atoms with Gasteiger partial charge in [0.05, 0.1) is 34.2 Å². The average molecular weight is 490 g/mol. The first-order chi connectivity index (χ1) is 14.4. The summed E-state index contributed by atoms with van der Waals surface area (Å²) in [6.07, 6.45) is 1.49. The number of likely N-dealkylation sites (N-methyl/N-ethyl adjacent to an activating group) is 1. The van der Waals surface area contributed by atoms with Gasteiger partial charge in [-0.2, -0.15) is 0 Å². The van der Waals surface area contributed by atoms with Gasteiger partial charge >= 0.3 is 0 Å². The number of rotatable bonds is 7. The van der Waals surface area contributed by atoms with Crippen molar-refractivity contribution in [2.24, 2.45) is 0 Å². The summed E-state index contributed by atoms with van der Waals surface area (Å²) >= 11 is 4.65. The van der Waals surface area contributed by atoms with Crippen LogP contribution in [0, 0.1) is 6.92 Å². The normalized spacial score (nSPS) is 10.4. The van der Waals surface area contributed by atoms with E-state index >= 15 is 0 Å². The van der Waals surface area contributed by atoms with Gasteiger partial charge in [0.15, 0.2) is 11.5 Å². The van der Waals surface area contributed by atoms with Crippen LogP contribution < -0.4 is 14.8 Å². The number of nitrogens with one attached hydrogen (secondary N) is 1. The summed E-state index contributed by atoms with van der Waals surface area (Å²) in [7, 11) is 3.16. The van der Waals surface area contributed by atoms with Gasteiger partial charge in [-0.15, -0.1) is 11.3 Å². The van der Waals surface area contributed by atoms with Crippen molar-refractivity contribution in [2.45, 2.75) is 6.92 Å². The van der Waals surface area contributed by atoms with Crippen LogP contribution in [0.5, 0.6) is 17.4 Å². The number of hydrogen-bond donors (Lipinski definition) is 1. The number of benzene rings is 1. The molecule has 0 saturated heterocycles. The number of aryl methyl sites for hydroxylation is 1. The number of anilines is 1. The lowest BCUT2D eigenvalue weighted by Gasteiger charge is -2.16. The van der Waals surface area contributed by atoms with Crippen LogP contribution in [0.1, 0.15) is 15.2 Å². The molecular formula is C21H20BrN3O4S. The fraction of sp³-hybridized carbons (Fsp3) is 0.190. The van der Waals surface area contributed by atoms with E-state index in [0.29, 0.717) is 27.9 Å². The maximum absolute atomic E-state index is 12.3. The number of nitrogens with zero attached hydrogens (tertiary/aromatic N) is 2. The number of aromatic nitrogens is 1. The van der Waals surface area contributed by atoms with Crippen molar-refractivity contribution in [1.82, 2.24) is 9.88 Å². The Hall–Kier alpha value is -2.91. The zero-order valence-electron chi connectivity index (χ0n) is 16.6. The molecule has 0 aliphatic heterocycles. The van der Waals surface area contributed by atoms with E-state index in [0.717, 1.165) is 9.35 Å². The Bertz CT molecular complexity index is 1050. The fourth-order valence-electron chi connectivity index (χ4n) is 2.59. The van der Waals surface area contributed by atoms with Crippen LogP contribution >= 0.6 is 27.3 Å². The van der Waals surface area contributed by atoms with Gasteiger partial charge in [-0.05, 0) is 58.7 Å². The van der Waals surface area contributed by atoms with Gasteiger partial charge in [0.1, 0.15) is 0 Å². The number of hydrogen-bond acceptors (Lipinski definition) is 6. The Morgan fingerprint density at radius 3 is 2.60 bits per heavy atom. The molecular weight excluding hydrogens is 470 g/mol. The van der Waals surface area contributed by atoms with Gasteiger partial charge in [0.25, 0.3) is 5.91 Å². The number of amides is 2. The van der Waals surface area contributed by atoms with Crippen LogP contribution in [-0.2, 0) is 4.79 Å². The summed E-state index contributed by atoms with van der Waals surface area (Å²) in [6, 6.07) is 12.4. The second-order valence-electron chi connectivity index (χ2n) is 6.45. The first-order valence-corrected chi connectivity index (χ1v) is 10.6. The van der Waals surface area contributed by atoms with E-state index in [9.17, 15) is 9.59 Å². The number of carbonyl (C=O) groups excluding carboxylic acids is 2. The smallest absolute Gasteiger partial charge is 0.264 e. The van der Waals surface area contributed by atoms with E-state index in [1.54, 1.807) is 38.4 Å². The Morgan fingerprint density at radius 1 is 1.17 bits per heavy atom. The molecule has 0 unspecified atom stereocenters. The number of methoxy groups -OCH3 is 1. The molecule has 0 radical (unpaired) electrons. The van der Waals surface area contributed by atoms with Gasteiger partial charge in [-0.25, -0.2) is 4.98 Å². The zero-order valence-corrected chi connectivity index (χ0v) is 19.0. The number of pyridine rings is 1. The third-order valence-electron chi connectivity index (χ3n) is 4.07. The third kappa shape index (κ3) is 5.58.